The molecule has 1 amide bonds. The summed E-state index contributed by atoms with van der Waals surface area (Å²) in [6.07, 6.45) is 1.51. The number of para-hydroxylation sites is 2. The molecule has 0 aliphatic rings. The molecule has 0 unspecified atom stereocenters. The van der Waals surface area contributed by atoms with Crippen LogP contribution in [-0.2, 0) is 7.05 Å². The number of hydrogen-bond acceptors (Lipinski definition) is 5. The number of tetrazole rings is 1. The number of aryl methyl sites for hydroxylation is 1. The van der Waals surface area contributed by atoms with Gasteiger partial charge in [0.15, 0.2) is 0 Å². The van der Waals surface area contributed by atoms with Gasteiger partial charge in [-0.15, -0.1) is 5.10 Å². The summed E-state index contributed by atoms with van der Waals surface area (Å²) in [5, 5.41) is 14.2. The molecule has 8 nitrogen and oxygen atoms in total. The second-order valence-electron chi connectivity index (χ2n) is 7.01. The lowest BCUT2D eigenvalue weighted by Crippen LogP contribution is -2.33. The number of nitrogens with one attached hydrogen (secondary N) is 1. The Morgan fingerprint density at radius 2 is 1.82 bits per heavy atom. The molecule has 0 saturated heterocycles. The van der Waals surface area contributed by atoms with Crippen LogP contribution in [0.3, 0.4) is 0 Å². The Kier molecular flexibility index (Phi) is 4.60. The molecule has 0 radical (unpaired) electrons. The van der Waals surface area contributed by atoms with Crippen molar-refractivity contribution in [3.05, 3.63) is 66.2 Å². The van der Waals surface area contributed by atoms with E-state index in [2.05, 4.69) is 34.7 Å². The first-order valence-corrected chi connectivity index (χ1v) is 9.10. The normalized spacial score (nSPS) is 12.4. The fourth-order valence-corrected chi connectivity index (χ4v) is 3.24. The van der Waals surface area contributed by atoms with E-state index in [-0.39, 0.29) is 17.9 Å². The van der Waals surface area contributed by atoms with Crippen molar-refractivity contribution in [2.45, 2.75) is 19.9 Å². The van der Waals surface area contributed by atoms with Crippen molar-refractivity contribution in [1.29, 1.82) is 0 Å². The minimum Gasteiger partial charge on any atom is -0.342 e. The summed E-state index contributed by atoms with van der Waals surface area (Å²) < 4.78 is 3.58. The molecule has 8 heteroatoms. The van der Waals surface area contributed by atoms with Crippen molar-refractivity contribution in [3.63, 3.8) is 0 Å². The van der Waals surface area contributed by atoms with E-state index in [9.17, 15) is 4.79 Å². The molecule has 0 saturated carbocycles. The number of benzene rings is 2. The Bertz CT molecular complexity index is 1100. The summed E-state index contributed by atoms with van der Waals surface area (Å²) in [7, 11) is 1.98. The van der Waals surface area contributed by atoms with E-state index in [1.54, 1.807) is 12.1 Å². The second-order valence-corrected chi connectivity index (χ2v) is 7.01. The second kappa shape index (κ2) is 7.22. The van der Waals surface area contributed by atoms with Crippen molar-refractivity contribution in [2.75, 3.05) is 0 Å². The topological polar surface area (TPSA) is 90.5 Å². The molecule has 1 atom stereocenters. The van der Waals surface area contributed by atoms with Gasteiger partial charge >= 0.3 is 0 Å². The van der Waals surface area contributed by atoms with Gasteiger partial charge in [-0.2, -0.15) is 0 Å². The van der Waals surface area contributed by atoms with Crippen LogP contribution in [0.2, 0.25) is 0 Å². The molecule has 1 N–H and O–H groups in total. The average molecular weight is 375 g/mol. The number of amides is 1. The molecule has 4 rings (SSSR count). The number of nitrogens with zero attached hydrogens (tertiary/aromatic N) is 6. The van der Waals surface area contributed by atoms with Gasteiger partial charge in [0.25, 0.3) is 5.91 Å². The molecule has 2 aromatic heterocycles. The maximum Gasteiger partial charge on any atom is 0.251 e. The number of carbonyl (C=O) groups is 1. The maximum atomic E-state index is 12.9. The van der Waals surface area contributed by atoms with E-state index in [0.717, 1.165) is 22.5 Å². The lowest BCUT2D eigenvalue weighted by atomic mass is 10.0. The van der Waals surface area contributed by atoms with E-state index >= 15 is 0 Å². The third kappa shape index (κ3) is 3.24. The zero-order valence-electron chi connectivity index (χ0n) is 15.9. The van der Waals surface area contributed by atoms with Crippen LogP contribution in [0.4, 0.5) is 0 Å². The molecular weight excluding hydrogens is 354 g/mol. The Morgan fingerprint density at radius 3 is 2.46 bits per heavy atom. The van der Waals surface area contributed by atoms with Crippen molar-refractivity contribution < 1.29 is 4.79 Å². The fraction of sp³-hybridized carbons (Fsp3) is 0.250. The lowest BCUT2D eigenvalue weighted by molar-refractivity contribution is 0.0922. The SMILES string of the molecule is CC(C)[C@H](NC(=O)c1ccc(-n2cnnn2)cc1)c1nc2ccccc2n1C. The van der Waals surface area contributed by atoms with Crippen molar-refractivity contribution >= 4 is 16.9 Å². The van der Waals surface area contributed by atoms with E-state index < -0.39 is 0 Å². The number of imidazole rings is 1. The fourth-order valence-electron chi connectivity index (χ4n) is 3.24. The predicted molar refractivity (Wildman–Crippen MR) is 105 cm³/mol. The molecule has 0 aliphatic carbocycles. The van der Waals surface area contributed by atoms with Gasteiger partial charge < -0.3 is 9.88 Å². The smallest absolute Gasteiger partial charge is 0.251 e. The minimum atomic E-state index is -0.205. The first kappa shape index (κ1) is 17.8. The van der Waals surface area contributed by atoms with E-state index in [0.29, 0.717) is 5.56 Å². The first-order valence-electron chi connectivity index (χ1n) is 9.10. The van der Waals surface area contributed by atoms with Gasteiger partial charge in [0.1, 0.15) is 12.2 Å². The molecule has 0 bridgehead atoms. The van der Waals surface area contributed by atoms with Crippen LogP contribution in [0.15, 0.2) is 54.9 Å². The van der Waals surface area contributed by atoms with Crippen LogP contribution in [0, 0.1) is 5.92 Å². The Morgan fingerprint density at radius 1 is 1.07 bits per heavy atom. The van der Waals surface area contributed by atoms with Crippen LogP contribution < -0.4 is 5.32 Å². The number of fused-ring (bicyclic) bond motifs is 1. The molecule has 4 aromatic rings. The first-order chi connectivity index (χ1) is 13.5. The monoisotopic (exact) mass is 375 g/mol. The van der Waals surface area contributed by atoms with Gasteiger partial charge in [-0.25, -0.2) is 9.67 Å². The lowest BCUT2D eigenvalue weighted by Gasteiger charge is -2.22. The van der Waals surface area contributed by atoms with Crippen LogP contribution >= 0.6 is 0 Å². The Hall–Kier alpha value is -3.55. The molecule has 0 aliphatic heterocycles. The molecule has 2 aromatic carbocycles. The highest BCUT2D eigenvalue weighted by molar-refractivity contribution is 5.94. The van der Waals surface area contributed by atoms with E-state index in [1.165, 1.54) is 11.0 Å². The van der Waals surface area contributed by atoms with Crippen LogP contribution in [0.1, 0.15) is 36.1 Å². The highest BCUT2D eigenvalue weighted by Crippen LogP contribution is 2.25. The Balaban J connectivity index is 1.59. The summed E-state index contributed by atoms with van der Waals surface area (Å²) in [6.45, 7) is 4.15. The van der Waals surface area contributed by atoms with Gasteiger partial charge in [0, 0.05) is 12.6 Å². The zero-order chi connectivity index (χ0) is 19.7. The molecule has 142 valence electrons. The Labute approximate surface area is 162 Å². The van der Waals surface area contributed by atoms with Crippen LogP contribution in [0.25, 0.3) is 16.7 Å². The summed E-state index contributed by atoms with van der Waals surface area (Å²) >= 11 is 0. The average Bonchev–Trinajstić information content (AvgIpc) is 3.35. The standard InChI is InChI=1S/C20H21N7O/c1-13(2)18(19-22-16-6-4-5-7-17(16)26(19)3)23-20(28)14-8-10-15(11-9-14)27-12-21-24-25-27/h4-13,18H,1-3H3,(H,23,28)/t18-/m0/s1. The number of hydrogen-bond donors (Lipinski definition) is 1. The maximum absolute atomic E-state index is 12.9. The molecule has 28 heavy (non-hydrogen) atoms. The van der Waals surface area contributed by atoms with E-state index in [1.807, 2.05) is 48.0 Å². The molecule has 0 fully saturated rings. The third-order valence-corrected chi connectivity index (χ3v) is 4.80. The zero-order valence-corrected chi connectivity index (χ0v) is 15.9. The predicted octanol–water partition coefficient (Wildman–Crippen LogP) is 2.68. The van der Waals surface area contributed by atoms with Crippen LogP contribution in [-0.4, -0.2) is 35.7 Å². The van der Waals surface area contributed by atoms with Gasteiger partial charge in [0.2, 0.25) is 0 Å². The summed E-state index contributed by atoms with van der Waals surface area (Å²) in [5.41, 5.74) is 3.33. The van der Waals surface area contributed by atoms with E-state index in [4.69, 9.17) is 4.98 Å². The highest BCUT2D eigenvalue weighted by atomic mass is 16.1. The number of carbonyl (C=O) groups excluding carboxylic acids is 1. The highest BCUT2D eigenvalue weighted by Gasteiger charge is 2.24. The summed E-state index contributed by atoms with van der Waals surface area (Å²) in [5.74, 6) is 0.879. The molecule has 0 spiro atoms. The number of aromatic nitrogens is 6. The summed E-state index contributed by atoms with van der Waals surface area (Å²) in [6, 6.07) is 14.9. The summed E-state index contributed by atoms with van der Waals surface area (Å²) in [4.78, 5) is 17.6. The van der Waals surface area contributed by atoms with Gasteiger partial charge in [-0.05, 0) is 52.7 Å². The molecular formula is C20H21N7O. The third-order valence-electron chi connectivity index (χ3n) is 4.80. The van der Waals surface area contributed by atoms with Gasteiger partial charge in [-0.3, -0.25) is 4.79 Å². The quantitative estimate of drug-likeness (QED) is 0.579. The number of rotatable bonds is 5. The largest absolute Gasteiger partial charge is 0.342 e. The minimum absolute atomic E-state index is 0.144. The molecule has 2 heterocycles. The van der Waals surface area contributed by atoms with Crippen molar-refractivity contribution in [3.8, 4) is 5.69 Å². The van der Waals surface area contributed by atoms with Crippen molar-refractivity contribution in [1.82, 2.24) is 35.1 Å². The van der Waals surface area contributed by atoms with Gasteiger partial charge in [-0.1, -0.05) is 26.0 Å². The van der Waals surface area contributed by atoms with Crippen molar-refractivity contribution in [2.24, 2.45) is 13.0 Å². The van der Waals surface area contributed by atoms with Gasteiger partial charge in [0.05, 0.1) is 22.8 Å². The van der Waals surface area contributed by atoms with Crippen LogP contribution in [0.5, 0.6) is 0 Å².